The largest absolute Gasteiger partial charge is 0.350 e. The van der Waals surface area contributed by atoms with Crippen molar-refractivity contribution in [2.45, 2.75) is 77.4 Å². The van der Waals surface area contributed by atoms with Crippen LogP contribution in [0, 0.1) is 0 Å². The molecular formula is C14H28O2. The quantitative estimate of drug-likeness (QED) is 0.456. The van der Waals surface area contributed by atoms with Crippen LogP contribution in [0.5, 0.6) is 0 Å². The van der Waals surface area contributed by atoms with Crippen molar-refractivity contribution in [3.05, 3.63) is 0 Å². The van der Waals surface area contributed by atoms with Crippen molar-refractivity contribution in [3.8, 4) is 0 Å². The van der Waals surface area contributed by atoms with Crippen molar-refractivity contribution >= 4 is 0 Å². The Morgan fingerprint density at radius 1 is 0.812 bits per heavy atom. The highest BCUT2D eigenvalue weighted by Gasteiger charge is 2.33. The standard InChI is InChI=1S/C14H28O2/c1-3-5-12-15-14(16-13-6-4-2)10-8-7-9-11-14/h3-13H2,1-2H3. The first kappa shape index (κ1) is 14.0. The molecule has 0 heterocycles. The second-order valence-electron chi connectivity index (χ2n) is 4.88. The molecule has 0 amide bonds. The third kappa shape index (κ3) is 4.84. The Balaban J connectivity index is 2.33. The van der Waals surface area contributed by atoms with Crippen molar-refractivity contribution in [2.24, 2.45) is 0 Å². The van der Waals surface area contributed by atoms with E-state index >= 15 is 0 Å². The van der Waals surface area contributed by atoms with Crippen molar-refractivity contribution in [1.82, 2.24) is 0 Å². The van der Waals surface area contributed by atoms with Crippen LogP contribution in [0.15, 0.2) is 0 Å². The summed E-state index contributed by atoms with van der Waals surface area (Å²) in [6.45, 7) is 6.13. The Hall–Kier alpha value is -0.0800. The smallest absolute Gasteiger partial charge is 0.168 e. The van der Waals surface area contributed by atoms with E-state index in [1.54, 1.807) is 0 Å². The third-order valence-corrected chi connectivity index (χ3v) is 3.34. The molecule has 1 rings (SSSR count). The van der Waals surface area contributed by atoms with Crippen LogP contribution in [0.3, 0.4) is 0 Å². The van der Waals surface area contributed by atoms with E-state index in [0.29, 0.717) is 0 Å². The minimum atomic E-state index is -0.220. The molecule has 0 bridgehead atoms. The molecule has 16 heavy (non-hydrogen) atoms. The van der Waals surface area contributed by atoms with Gasteiger partial charge in [-0.25, -0.2) is 0 Å². The maximum absolute atomic E-state index is 6.04. The highest BCUT2D eigenvalue weighted by molar-refractivity contribution is 4.75. The van der Waals surface area contributed by atoms with Crippen LogP contribution in [0.4, 0.5) is 0 Å². The Morgan fingerprint density at radius 2 is 1.31 bits per heavy atom. The maximum atomic E-state index is 6.04. The molecule has 2 nitrogen and oxygen atoms in total. The lowest BCUT2D eigenvalue weighted by atomic mass is 9.94. The molecule has 0 saturated heterocycles. The summed E-state index contributed by atoms with van der Waals surface area (Å²) in [5.41, 5.74) is 0. The summed E-state index contributed by atoms with van der Waals surface area (Å²) in [5, 5.41) is 0. The van der Waals surface area contributed by atoms with Gasteiger partial charge in [-0.3, -0.25) is 0 Å². The van der Waals surface area contributed by atoms with E-state index in [4.69, 9.17) is 9.47 Å². The zero-order valence-corrected chi connectivity index (χ0v) is 11.1. The third-order valence-electron chi connectivity index (χ3n) is 3.34. The van der Waals surface area contributed by atoms with Gasteiger partial charge in [-0.1, -0.05) is 33.1 Å². The minimum Gasteiger partial charge on any atom is -0.350 e. The van der Waals surface area contributed by atoms with E-state index in [1.165, 1.54) is 32.1 Å². The first-order chi connectivity index (χ1) is 7.83. The molecular weight excluding hydrogens is 200 g/mol. The molecule has 1 fully saturated rings. The first-order valence-corrected chi connectivity index (χ1v) is 7.11. The van der Waals surface area contributed by atoms with Crippen LogP contribution in [-0.2, 0) is 9.47 Å². The van der Waals surface area contributed by atoms with Crippen LogP contribution in [0.1, 0.15) is 71.6 Å². The fourth-order valence-electron chi connectivity index (χ4n) is 2.23. The van der Waals surface area contributed by atoms with Gasteiger partial charge in [-0.05, 0) is 25.7 Å². The second kappa shape index (κ2) is 8.08. The first-order valence-electron chi connectivity index (χ1n) is 7.11. The molecule has 1 aliphatic rings. The number of rotatable bonds is 8. The topological polar surface area (TPSA) is 18.5 Å². The van der Waals surface area contributed by atoms with Crippen molar-refractivity contribution < 1.29 is 9.47 Å². The lowest BCUT2D eigenvalue weighted by Crippen LogP contribution is -2.38. The van der Waals surface area contributed by atoms with Gasteiger partial charge in [0, 0.05) is 12.8 Å². The Morgan fingerprint density at radius 3 is 1.75 bits per heavy atom. The van der Waals surface area contributed by atoms with Gasteiger partial charge in [0.2, 0.25) is 0 Å². The zero-order valence-electron chi connectivity index (χ0n) is 11.1. The highest BCUT2D eigenvalue weighted by atomic mass is 16.7. The fraction of sp³-hybridized carbons (Fsp3) is 1.00. The molecule has 0 unspecified atom stereocenters. The number of hydrogen-bond acceptors (Lipinski definition) is 2. The number of unbranched alkanes of at least 4 members (excludes halogenated alkanes) is 2. The second-order valence-corrected chi connectivity index (χ2v) is 4.88. The predicted octanol–water partition coefficient (Wildman–Crippen LogP) is 4.28. The van der Waals surface area contributed by atoms with Crippen molar-refractivity contribution in [3.63, 3.8) is 0 Å². The fourth-order valence-corrected chi connectivity index (χ4v) is 2.23. The molecule has 1 aliphatic carbocycles. The van der Waals surface area contributed by atoms with Crippen LogP contribution in [0.2, 0.25) is 0 Å². The number of ether oxygens (including phenoxy) is 2. The predicted molar refractivity (Wildman–Crippen MR) is 67.5 cm³/mol. The Kier molecular flexibility index (Phi) is 7.06. The van der Waals surface area contributed by atoms with E-state index in [9.17, 15) is 0 Å². The van der Waals surface area contributed by atoms with Crippen LogP contribution in [-0.4, -0.2) is 19.0 Å². The van der Waals surface area contributed by atoms with Gasteiger partial charge in [-0.15, -0.1) is 0 Å². The van der Waals surface area contributed by atoms with Crippen LogP contribution >= 0.6 is 0 Å². The van der Waals surface area contributed by atoms with Gasteiger partial charge in [0.15, 0.2) is 5.79 Å². The summed E-state index contributed by atoms with van der Waals surface area (Å²) in [6.07, 6.45) is 10.8. The van der Waals surface area contributed by atoms with E-state index in [-0.39, 0.29) is 5.79 Å². The zero-order chi connectivity index (χ0) is 11.7. The maximum Gasteiger partial charge on any atom is 0.168 e. The Bertz CT molecular complexity index is 150. The summed E-state index contributed by atoms with van der Waals surface area (Å²) in [6, 6.07) is 0. The van der Waals surface area contributed by atoms with Crippen molar-refractivity contribution in [1.29, 1.82) is 0 Å². The molecule has 2 heteroatoms. The van der Waals surface area contributed by atoms with Gasteiger partial charge >= 0.3 is 0 Å². The van der Waals surface area contributed by atoms with Gasteiger partial charge < -0.3 is 9.47 Å². The molecule has 1 saturated carbocycles. The average Bonchev–Trinajstić information content (AvgIpc) is 2.31. The van der Waals surface area contributed by atoms with E-state index in [2.05, 4.69) is 13.8 Å². The molecule has 0 aliphatic heterocycles. The van der Waals surface area contributed by atoms with Gasteiger partial charge in [0.05, 0.1) is 13.2 Å². The van der Waals surface area contributed by atoms with Gasteiger partial charge in [-0.2, -0.15) is 0 Å². The SMILES string of the molecule is CCCCOC1(OCCCC)CCCCC1. The molecule has 0 aromatic rings. The summed E-state index contributed by atoms with van der Waals surface area (Å²) in [5.74, 6) is -0.220. The summed E-state index contributed by atoms with van der Waals surface area (Å²) in [7, 11) is 0. The van der Waals surface area contributed by atoms with Gasteiger partial charge in [0.1, 0.15) is 0 Å². The number of hydrogen-bond donors (Lipinski definition) is 0. The summed E-state index contributed by atoms with van der Waals surface area (Å²) < 4.78 is 12.1. The van der Waals surface area contributed by atoms with Gasteiger partial charge in [0.25, 0.3) is 0 Å². The normalized spacial score (nSPS) is 19.9. The molecule has 0 aromatic carbocycles. The molecule has 0 atom stereocenters. The highest BCUT2D eigenvalue weighted by Crippen LogP contribution is 2.33. The molecule has 0 aromatic heterocycles. The molecule has 0 N–H and O–H groups in total. The monoisotopic (exact) mass is 228 g/mol. The van der Waals surface area contributed by atoms with E-state index in [1.807, 2.05) is 0 Å². The van der Waals surface area contributed by atoms with Crippen molar-refractivity contribution in [2.75, 3.05) is 13.2 Å². The van der Waals surface area contributed by atoms with E-state index in [0.717, 1.165) is 38.9 Å². The molecule has 0 spiro atoms. The molecule has 96 valence electrons. The summed E-state index contributed by atoms with van der Waals surface area (Å²) in [4.78, 5) is 0. The lowest BCUT2D eigenvalue weighted by Gasteiger charge is -2.37. The average molecular weight is 228 g/mol. The van der Waals surface area contributed by atoms with Crippen LogP contribution in [0.25, 0.3) is 0 Å². The Labute approximate surface area is 101 Å². The van der Waals surface area contributed by atoms with Crippen LogP contribution < -0.4 is 0 Å². The summed E-state index contributed by atoms with van der Waals surface area (Å²) >= 11 is 0. The molecule has 0 radical (unpaired) electrons. The van der Waals surface area contributed by atoms with E-state index < -0.39 is 0 Å². The lowest BCUT2D eigenvalue weighted by molar-refractivity contribution is -0.253. The minimum absolute atomic E-state index is 0.220.